The van der Waals surface area contributed by atoms with Crippen molar-refractivity contribution in [3.8, 4) is 23.1 Å². The first kappa shape index (κ1) is 42.1. The molecule has 1 saturated heterocycles. The topological polar surface area (TPSA) is 64.1 Å². The van der Waals surface area contributed by atoms with Crippen molar-refractivity contribution in [1.29, 1.82) is 0 Å². The van der Waals surface area contributed by atoms with Crippen LogP contribution in [0, 0.1) is 19.7 Å². The number of rotatable bonds is 13. The third-order valence-electron chi connectivity index (χ3n) is 9.17. The monoisotopic (exact) mass is 809 g/mol. The molecule has 294 valence electrons. The largest absolute Gasteiger partial charge is 0.493 e. The van der Waals surface area contributed by atoms with E-state index in [9.17, 15) is 22.4 Å². The number of hydrogen-bond donors (Lipinski definition) is 0. The van der Waals surface area contributed by atoms with Gasteiger partial charge in [0, 0.05) is 51.3 Å². The Hall–Kier alpha value is -5.10. The number of benzene rings is 4. The van der Waals surface area contributed by atoms with Gasteiger partial charge >= 0.3 is 6.18 Å². The molecule has 5 aromatic rings. The highest BCUT2D eigenvalue weighted by molar-refractivity contribution is 6.32. The van der Waals surface area contributed by atoms with Gasteiger partial charge in [-0.1, -0.05) is 48.0 Å². The van der Waals surface area contributed by atoms with E-state index in [4.69, 9.17) is 25.8 Å². The summed E-state index contributed by atoms with van der Waals surface area (Å²) in [5, 5.41) is 0.353. The lowest BCUT2D eigenvalue weighted by Gasteiger charge is -2.34. The molecule has 1 amide bonds. The summed E-state index contributed by atoms with van der Waals surface area (Å²) >= 11 is 6.58. The predicted molar refractivity (Wildman–Crippen MR) is 211 cm³/mol. The van der Waals surface area contributed by atoms with Gasteiger partial charge in [0.1, 0.15) is 23.9 Å². The van der Waals surface area contributed by atoms with Crippen LogP contribution in [0.3, 0.4) is 0 Å². The molecule has 0 radical (unpaired) electrons. The zero-order valence-electron chi connectivity index (χ0n) is 30.8. The number of pyridine rings is 1. The number of aromatic nitrogens is 1. The second-order valence-electron chi connectivity index (χ2n) is 13.3. The van der Waals surface area contributed by atoms with E-state index in [0.717, 1.165) is 54.9 Å². The second kappa shape index (κ2) is 19.2. The first-order valence-corrected chi connectivity index (χ1v) is 18.2. The van der Waals surface area contributed by atoms with Gasteiger partial charge in [-0.3, -0.25) is 9.69 Å². The van der Waals surface area contributed by atoms with Crippen LogP contribution < -0.4 is 14.2 Å². The van der Waals surface area contributed by atoms with Crippen LogP contribution in [-0.2, 0) is 30.5 Å². The fraction of sp³-hybridized carbons (Fsp3) is 0.256. The van der Waals surface area contributed by atoms with Crippen molar-refractivity contribution in [2.24, 2.45) is 0 Å². The first-order chi connectivity index (χ1) is 26.4. The van der Waals surface area contributed by atoms with Crippen molar-refractivity contribution in [1.82, 2.24) is 14.8 Å². The molecule has 7 nitrogen and oxygen atoms in total. The number of piperazine rings is 1. The zero-order valence-corrected chi connectivity index (χ0v) is 32.4. The Kier molecular flexibility index (Phi) is 14.4. The summed E-state index contributed by atoms with van der Waals surface area (Å²) in [5.41, 5.74) is 4.30. The number of aryl methyl sites for hydroxylation is 2. The molecule has 6 rings (SSSR count). The quantitative estimate of drug-likeness (QED) is 0.0872. The third-order valence-corrected chi connectivity index (χ3v) is 9.46. The number of hydrogen-bond acceptors (Lipinski definition) is 6. The van der Waals surface area contributed by atoms with Gasteiger partial charge in [-0.15, -0.1) is 12.4 Å². The van der Waals surface area contributed by atoms with Gasteiger partial charge in [0.25, 0.3) is 0 Å². The van der Waals surface area contributed by atoms with E-state index in [1.165, 1.54) is 30.0 Å². The average molecular weight is 811 g/mol. The Morgan fingerprint density at radius 1 is 0.821 bits per heavy atom. The van der Waals surface area contributed by atoms with Crippen LogP contribution in [0.15, 0.2) is 103 Å². The molecule has 0 atom stereocenters. The fourth-order valence-electron chi connectivity index (χ4n) is 6.02. The molecule has 0 spiro atoms. The summed E-state index contributed by atoms with van der Waals surface area (Å²) in [7, 11) is 0. The second-order valence-corrected chi connectivity index (χ2v) is 13.7. The number of halogens is 6. The SMILES string of the molecule is Cc1cc(OCCc2ccc(CN3CCN(C(=O)C=Cc4cc(C)c(Oc5ccc(OCc6ccc(C(F)(F)F)cc6)cn5)c(Cl)c4)CC3)cc2)ccc1F.Cl. The van der Waals surface area contributed by atoms with Gasteiger partial charge in [0.15, 0.2) is 5.75 Å². The highest BCUT2D eigenvalue weighted by Crippen LogP contribution is 2.34. The van der Waals surface area contributed by atoms with E-state index in [1.54, 1.807) is 49.4 Å². The van der Waals surface area contributed by atoms with Crippen molar-refractivity contribution in [3.05, 3.63) is 153 Å². The van der Waals surface area contributed by atoms with Crippen LogP contribution in [0.25, 0.3) is 6.08 Å². The molecule has 1 aliphatic rings. The molecule has 0 N–H and O–H groups in total. The molecule has 1 fully saturated rings. The third kappa shape index (κ3) is 11.7. The standard InChI is InChI=1S/C43H40ClF4N3O4.ClH/c1-29-24-36(12-14-39(29)45)53-22-17-31-3-5-32(6-4-31)27-50-18-20-51(21-19-50)41(52)16-9-34-23-30(2)42(38(44)25-34)55-40-15-13-37(26-49-40)54-28-33-7-10-35(11-8-33)43(46,47)48;/h3-16,23-26H,17-22,27-28H2,1-2H3;1H. The predicted octanol–water partition coefficient (Wildman–Crippen LogP) is 10.3. The number of alkyl halides is 3. The summed E-state index contributed by atoms with van der Waals surface area (Å²) in [6.07, 6.45) is 1.12. The Balaban J connectivity index is 0.00000600. The minimum absolute atomic E-state index is 0. The van der Waals surface area contributed by atoms with Crippen molar-refractivity contribution in [2.45, 2.75) is 39.6 Å². The van der Waals surface area contributed by atoms with Crippen LogP contribution in [0.5, 0.6) is 23.1 Å². The van der Waals surface area contributed by atoms with Gasteiger partial charge in [0.05, 0.1) is 23.4 Å². The van der Waals surface area contributed by atoms with Gasteiger partial charge in [-0.2, -0.15) is 13.2 Å². The van der Waals surface area contributed by atoms with E-state index in [-0.39, 0.29) is 36.6 Å². The molecule has 56 heavy (non-hydrogen) atoms. The van der Waals surface area contributed by atoms with E-state index in [0.29, 0.717) is 53.1 Å². The number of carbonyl (C=O) groups excluding carboxylic acids is 1. The normalized spacial score (nSPS) is 13.4. The Morgan fingerprint density at radius 2 is 1.50 bits per heavy atom. The lowest BCUT2D eigenvalue weighted by Crippen LogP contribution is -2.47. The Morgan fingerprint density at radius 3 is 2.14 bits per heavy atom. The lowest BCUT2D eigenvalue weighted by molar-refractivity contribution is -0.137. The van der Waals surface area contributed by atoms with Crippen LogP contribution in [0.2, 0.25) is 5.02 Å². The lowest BCUT2D eigenvalue weighted by atomic mass is 10.1. The molecular weight excluding hydrogens is 769 g/mol. The van der Waals surface area contributed by atoms with Crippen molar-refractivity contribution in [2.75, 3.05) is 32.8 Å². The molecule has 13 heteroatoms. The number of nitrogens with zero attached hydrogens (tertiary/aromatic N) is 3. The van der Waals surface area contributed by atoms with E-state index in [2.05, 4.69) is 34.1 Å². The van der Waals surface area contributed by atoms with E-state index < -0.39 is 11.7 Å². The van der Waals surface area contributed by atoms with Crippen molar-refractivity contribution < 1.29 is 36.6 Å². The summed E-state index contributed by atoms with van der Waals surface area (Å²) in [5.74, 6) is 1.48. The maximum atomic E-state index is 13.5. The molecule has 0 unspecified atom stereocenters. The minimum Gasteiger partial charge on any atom is -0.493 e. The van der Waals surface area contributed by atoms with Gasteiger partial charge in [-0.05, 0) is 102 Å². The van der Waals surface area contributed by atoms with E-state index in [1.807, 2.05) is 17.9 Å². The maximum Gasteiger partial charge on any atom is 0.416 e. The number of amides is 1. The summed E-state index contributed by atoms with van der Waals surface area (Å²) in [6, 6.07) is 24.9. The van der Waals surface area contributed by atoms with Crippen LogP contribution in [0.1, 0.15) is 38.9 Å². The fourth-order valence-corrected chi connectivity index (χ4v) is 6.33. The van der Waals surface area contributed by atoms with Gasteiger partial charge in [-0.25, -0.2) is 9.37 Å². The smallest absolute Gasteiger partial charge is 0.416 e. The summed E-state index contributed by atoms with van der Waals surface area (Å²) in [6.45, 7) is 7.74. The molecule has 2 heterocycles. The molecule has 0 bridgehead atoms. The summed E-state index contributed by atoms with van der Waals surface area (Å²) in [4.78, 5) is 21.5. The minimum atomic E-state index is -4.39. The van der Waals surface area contributed by atoms with Gasteiger partial charge in [0.2, 0.25) is 11.8 Å². The van der Waals surface area contributed by atoms with Crippen LogP contribution in [0.4, 0.5) is 17.6 Å². The number of carbonyl (C=O) groups is 1. The maximum absolute atomic E-state index is 13.5. The number of ether oxygens (including phenoxy) is 3. The first-order valence-electron chi connectivity index (χ1n) is 17.8. The molecule has 4 aromatic carbocycles. The summed E-state index contributed by atoms with van der Waals surface area (Å²) < 4.78 is 69.3. The highest BCUT2D eigenvalue weighted by Gasteiger charge is 2.30. The van der Waals surface area contributed by atoms with Crippen molar-refractivity contribution in [3.63, 3.8) is 0 Å². The molecule has 1 aliphatic heterocycles. The van der Waals surface area contributed by atoms with Gasteiger partial charge < -0.3 is 19.1 Å². The average Bonchev–Trinajstić information content (AvgIpc) is 3.17. The Bertz CT molecular complexity index is 2080. The Labute approximate surface area is 334 Å². The molecule has 0 aliphatic carbocycles. The van der Waals surface area contributed by atoms with Crippen LogP contribution >= 0.6 is 24.0 Å². The molecule has 1 aromatic heterocycles. The van der Waals surface area contributed by atoms with Crippen LogP contribution in [-0.4, -0.2) is 53.5 Å². The molecule has 0 saturated carbocycles. The highest BCUT2D eigenvalue weighted by atomic mass is 35.5. The molecular formula is C43H41Cl2F4N3O4. The van der Waals surface area contributed by atoms with E-state index >= 15 is 0 Å². The zero-order chi connectivity index (χ0) is 39.0. The van der Waals surface area contributed by atoms with Crippen molar-refractivity contribution >= 4 is 36.0 Å².